The van der Waals surface area contributed by atoms with Gasteiger partial charge in [-0.05, 0) is 6.42 Å². The molecule has 0 aromatic heterocycles. The molecule has 0 rings (SSSR count). The molecular formula is C11H26OSi. The molecule has 0 atom stereocenters. The first-order valence-electron chi connectivity index (χ1n) is 5.73. The van der Waals surface area contributed by atoms with Crippen molar-refractivity contribution in [1.29, 1.82) is 0 Å². The first kappa shape index (κ1) is 13.2. The van der Waals surface area contributed by atoms with Gasteiger partial charge >= 0.3 is 0 Å². The highest BCUT2D eigenvalue weighted by molar-refractivity contribution is 6.77. The quantitative estimate of drug-likeness (QED) is 0.470. The molecule has 0 aromatic carbocycles. The topological polar surface area (TPSA) is 20.2 Å². The first-order chi connectivity index (χ1) is 6.12. The summed E-state index contributed by atoms with van der Waals surface area (Å²) in [6.07, 6.45) is 6.31. The molecule has 13 heavy (non-hydrogen) atoms. The van der Waals surface area contributed by atoms with Crippen molar-refractivity contribution in [3.63, 3.8) is 0 Å². The summed E-state index contributed by atoms with van der Waals surface area (Å²) < 4.78 is 0. The Morgan fingerprint density at radius 3 is 2.08 bits per heavy atom. The van der Waals surface area contributed by atoms with Crippen LogP contribution in [0, 0.1) is 0 Å². The molecule has 80 valence electrons. The van der Waals surface area contributed by atoms with Crippen LogP contribution in [-0.2, 0) is 0 Å². The second-order valence-corrected chi connectivity index (χ2v) is 10.1. The number of hydrogen-bond donors (Lipinski definition) is 1. The van der Waals surface area contributed by atoms with Gasteiger partial charge in [-0.3, -0.25) is 0 Å². The lowest BCUT2D eigenvalue weighted by Gasteiger charge is -2.21. The number of rotatable bonds is 8. The standard InChI is InChI=1S/C11H26OSi/c1-4-5-10-13(2,3)11-8-6-7-9-12/h12H,4-11H2,1-3H3. The van der Waals surface area contributed by atoms with Crippen molar-refractivity contribution in [2.24, 2.45) is 0 Å². The van der Waals surface area contributed by atoms with E-state index in [1.165, 1.54) is 37.8 Å². The molecule has 0 aliphatic carbocycles. The smallest absolute Gasteiger partial charge is 0.0473 e. The second-order valence-electron chi connectivity index (χ2n) is 4.80. The molecular weight excluding hydrogens is 176 g/mol. The molecule has 0 aliphatic rings. The van der Waals surface area contributed by atoms with Crippen LogP contribution in [0.15, 0.2) is 0 Å². The summed E-state index contributed by atoms with van der Waals surface area (Å²) >= 11 is 0. The van der Waals surface area contributed by atoms with Crippen LogP contribution < -0.4 is 0 Å². The molecule has 0 radical (unpaired) electrons. The van der Waals surface area contributed by atoms with Crippen molar-refractivity contribution < 1.29 is 5.11 Å². The van der Waals surface area contributed by atoms with Gasteiger partial charge in [-0.15, -0.1) is 0 Å². The van der Waals surface area contributed by atoms with E-state index in [0.717, 1.165) is 6.42 Å². The number of aliphatic hydroxyl groups excluding tert-OH is 1. The van der Waals surface area contributed by atoms with Crippen molar-refractivity contribution in [2.45, 2.75) is 64.2 Å². The summed E-state index contributed by atoms with van der Waals surface area (Å²) in [6.45, 7) is 7.65. The third-order valence-electron chi connectivity index (χ3n) is 2.72. The van der Waals surface area contributed by atoms with E-state index in [-0.39, 0.29) is 0 Å². The number of unbranched alkanes of at least 4 members (excludes halogenated alkanes) is 3. The summed E-state index contributed by atoms with van der Waals surface area (Å²) in [4.78, 5) is 0. The van der Waals surface area contributed by atoms with Crippen LogP contribution in [0.3, 0.4) is 0 Å². The van der Waals surface area contributed by atoms with Crippen LogP contribution in [0.4, 0.5) is 0 Å². The average Bonchev–Trinajstić information content (AvgIpc) is 2.09. The fraction of sp³-hybridized carbons (Fsp3) is 1.00. The molecule has 0 fully saturated rings. The average molecular weight is 202 g/mol. The van der Waals surface area contributed by atoms with Crippen molar-refractivity contribution in [3.05, 3.63) is 0 Å². The zero-order chi connectivity index (χ0) is 10.2. The van der Waals surface area contributed by atoms with E-state index in [0.29, 0.717) is 6.61 Å². The van der Waals surface area contributed by atoms with Gasteiger partial charge in [0.05, 0.1) is 0 Å². The predicted molar refractivity (Wildman–Crippen MR) is 62.9 cm³/mol. The van der Waals surface area contributed by atoms with Gasteiger partial charge in [-0.2, -0.15) is 0 Å². The van der Waals surface area contributed by atoms with Crippen LogP contribution in [0.5, 0.6) is 0 Å². The molecule has 0 amide bonds. The highest BCUT2D eigenvalue weighted by Crippen LogP contribution is 2.21. The van der Waals surface area contributed by atoms with Crippen molar-refractivity contribution in [1.82, 2.24) is 0 Å². The van der Waals surface area contributed by atoms with E-state index >= 15 is 0 Å². The highest BCUT2D eigenvalue weighted by Gasteiger charge is 2.18. The molecule has 1 N–H and O–H groups in total. The lowest BCUT2D eigenvalue weighted by Crippen LogP contribution is -2.24. The van der Waals surface area contributed by atoms with Gasteiger partial charge in [-0.1, -0.05) is 57.8 Å². The third-order valence-corrected chi connectivity index (χ3v) is 6.13. The second kappa shape index (κ2) is 7.57. The third kappa shape index (κ3) is 8.51. The van der Waals surface area contributed by atoms with Gasteiger partial charge in [0.1, 0.15) is 0 Å². The fourth-order valence-corrected chi connectivity index (χ4v) is 4.44. The molecule has 0 aromatic rings. The Hall–Kier alpha value is 0.177. The molecule has 0 saturated heterocycles. The van der Waals surface area contributed by atoms with Gasteiger partial charge < -0.3 is 5.11 Å². The maximum atomic E-state index is 8.65. The summed E-state index contributed by atoms with van der Waals surface area (Å²) in [6, 6.07) is 2.94. The maximum Gasteiger partial charge on any atom is 0.0473 e. The van der Waals surface area contributed by atoms with Crippen LogP contribution >= 0.6 is 0 Å². The van der Waals surface area contributed by atoms with Crippen molar-refractivity contribution in [3.8, 4) is 0 Å². The summed E-state index contributed by atoms with van der Waals surface area (Å²) in [5.74, 6) is 0. The van der Waals surface area contributed by atoms with Crippen molar-refractivity contribution in [2.75, 3.05) is 6.61 Å². The zero-order valence-electron chi connectivity index (χ0n) is 9.60. The lowest BCUT2D eigenvalue weighted by atomic mass is 10.3. The van der Waals surface area contributed by atoms with Crippen LogP contribution in [-0.4, -0.2) is 19.8 Å². The Balaban J connectivity index is 3.39. The Labute approximate surface area is 84.6 Å². The Kier molecular flexibility index (Phi) is 7.67. The van der Waals surface area contributed by atoms with E-state index in [4.69, 9.17) is 5.11 Å². The zero-order valence-corrected chi connectivity index (χ0v) is 10.6. The van der Waals surface area contributed by atoms with Gasteiger partial charge in [0, 0.05) is 14.7 Å². The minimum absolute atomic E-state index is 0.372. The van der Waals surface area contributed by atoms with Crippen LogP contribution in [0.25, 0.3) is 0 Å². The van der Waals surface area contributed by atoms with Gasteiger partial charge in [-0.25, -0.2) is 0 Å². The molecule has 0 unspecified atom stereocenters. The Morgan fingerprint density at radius 2 is 1.54 bits per heavy atom. The first-order valence-corrected chi connectivity index (χ1v) is 9.14. The summed E-state index contributed by atoms with van der Waals surface area (Å²) in [5.41, 5.74) is 0. The molecule has 2 heteroatoms. The normalized spacial score (nSPS) is 12.0. The highest BCUT2D eigenvalue weighted by atomic mass is 28.3. The molecule has 0 saturated carbocycles. The summed E-state index contributed by atoms with van der Waals surface area (Å²) in [5, 5.41) is 8.65. The fourth-order valence-electron chi connectivity index (χ4n) is 1.67. The van der Waals surface area contributed by atoms with Gasteiger partial charge in [0.25, 0.3) is 0 Å². The molecule has 0 heterocycles. The monoisotopic (exact) mass is 202 g/mol. The largest absolute Gasteiger partial charge is 0.396 e. The van der Waals surface area contributed by atoms with Gasteiger partial charge in [0.15, 0.2) is 0 Å². The number of aliphatic hydroxyl groups is 1. The van der Waals surface area contributed by atoms with Crippen LogP contribution in [0.1, 0.15) is 39.0 Å². The summed E-state index contributed by atoms with van der Waals surface area (Å²) in [7, 11) is -0.856. The van der Waals surface area contributed by atoms with Gasteiger partial charge in [0.2, 0.25) is 0 Å². The van der Waals surface area contributed by atoms with E-state index in [1.807, 2.05) is 0 Å². The van der Waals surface area contributed by atoms with E-state index < -0.39 is 8.07 Å². The van der Waals surface area contributed by atoms with E-state index in [2.05, 4.69) is 20.0 Å². The molecule has 1 nitrogen and oxygen atoms in total. The minimum Gasteiger partial charge on any atom is -0.396 e. The lowest BCUT2D eigenvalue weighted by molar-refractivity contribution is 0.284. The molecule has 0 aliphatic heterocycles. The number of hydrogen-bond acceptors (Lipinski definition) is 1. The predicted octanol–water partition coefficient (Wildman–Crippen LogP) is 3.66. The Morgan fingerprint density at radius 1 is 0.923 bits per heavy atom. The SMILES string of the molecule is CCCC[Si](C)(C)CCCCCO. The maximum absolute atomic E-state index is 8.65. The van der Waals surface area contributed by atoms with E-state index in [1.54, 1.807) is 0 Å². The molecule has 0 spiro atoms. The van der Waals surface area contributed by atoms with E-state index in [9.17, 15) is 0 Å². The minimum atomic E-state index is -0.856. The van der Waals surface area contributed by atoms with Crippen molar-refractivity contribution >= 4 is 8.07 Å². The molecule has 0 bridgehead atoms. The van der Waals surface area contributed by atoms with Crippen LogP contribution in [0.2, 0.25) is 25.2 Å². The Bertz CT molecular complexity index is 113.